The van der Waals surface area contributed by atoms with Crippen LogP contribution in [-0.4, -0.2) is 4.57 Å². The summed E-state index contributed by atoms with van der Waals surface area (Å²) in [6.45, 7) is 4.73. The SMILES string of the molecule is CC1(C)c2cc(-c3ccccc3)ccc2-c2ccc(N(c3ccc(-c4ccc(-n5c6ccccc6c6ccccc65)cc4)cc3)c3cccc4c3oc3ccccc34)cc21. The Labute approximate surface area is 349 Å². The second kappa shape index (κ2) is 13.2. The van der Waals surface area contributed by atoms with Crippen molar-refractivity contribution in [3.63, 3.8) is 0 Å². The number of fused-ring (bicyclic) bond motifs is 9. The van der Waals surface area contributed by atoms with Gasteiger partial charge in [-0.15, -0.1) is 0 Å². The fraction of sp³-hybridized carbons (Fsp3) is 0.0526. The van der Waals surface area contributed by atoms with Gasteiger partial charge in [-0.1, -0.05) is 153 Å². The fourth-order valence-electron chi connectivity index (χ4n) is 9.82. The first-order chi connectivity index (χ1) is 29.5. The van der Waals surface area contributed by atoms with Gasteiger partial charge in [0.15, 0.2) is 5.58 Å². The van der Waals surface area contributed by atoms with E-state index < -0.39 is 0 Å². The van der Waals surface area contributed by atoms with E-state index in [1.165, 1.54) is 60.8 Å². The first kappa shape index (κ1) is 34.4. The van der Waals surface area contributed by atoms with Gasteiger partial charge in [-0.2, -0.15) is 0 Å². The van der Waals surface area contributed by atoms with Gasteiger partial charge >= 0.3 is 0 Å². The lowest BCUT2D eigenvalue weighted by molar-refractivity contribution is 0.660. The first-order valence-electron chi connectivity index (χ1n) is 20.8. The normalized spacial score (nSPS) is 13.0. The predicted molar refractivity (Wildman–Crippen MR) is 251 cm³/mol. The third-order valence-corrected chi connectivity index (χ3v) is 12.8. The molecule has 0 bridgehead atoms. The van der Waals surface area contributed by atoms with Crippen LogP contribution in [0.2, 0.25) is 0 Å². The molecule has 11 aromatic rings. The molecular weight excluding hydrogens is 729 g/mol. The zero-order valence-electron chi connectivity index (χ0n) is 33.4. The smallest absolute Gasteiger partial charge is 0.159 e. The van der Waals surface area contributed by atoms with E-state index in [0.29, 0.717) is 0 Å². The lowest BCUT2D eigenvalue weighted by Crippen LogP contribution is -2.16. The Kier molecular flexibility index (Phi) is 7.58. The van der Waals surface area contributed by atoms with Crippen LogP contribution < -0.4 is 4.90 Å². The summed E-state index contributed by atoms with van der Waals surface area (Å²) >= 11 is 0. The molecule has 0 unspecified atom stereocenters. The molecule has 0 saturated carbocycles. The summed E-state index contributed by atoms with van der Waals surface area (Å²) in [5, 5.41) is 4.76. The highest BCUT2D eigenvalue weighted by molar-refractivity contribution is 6.11. The molecule has 60 heavy (non-hydrogen) atoms. The number of para-hydroxylation sites is 4. The first-order valence-corrected chi connectivity index (χ1v) is 20.8. The molecule has 0 aliphatic heterocycles. The Balaban J connectivity index is 0.957. The summed E-state index contributed by atoms with van der Waals surface area (Å²) in [5.41, 5.74) is 18.4. The third-order valence-electron chi connectivity index (χ3n) is 12.8. The Morgan fingerprint density at radius 3 is 1.67 bits per heavy atom. The van der Waals surface area contributed by atoms with Gasteiger partial charge in [0.25, 0.3) is 0 Å². The van der Waals surface area contributed by atoms with E-state index in [0.717, 1.165) is 50.3 Å². The highest BCUT2D eigenvalue weighted by atomic mass is 16.3. The van der Waals surface area contributed by atoms with Crippen molar-refractivity contribution in [3.8, 4) is 39.1 Å². The van der Waals surface area contributed by atoms with Gasteiger partial charge in [0.2, 0.25) is 0 Å². The van der Waals surface area contributed by atoms with Crippen molar-refractivity contribution in [3.05, 3.63) is 217 Å². The van der Waals surface area contributed by atoms with E-state index in [2.05, 4.69) is 224 Å². The van der Waals surface area contributed by atoms with Crippen LogP contribution in [-0.2, 0) is 5.41 Å². The van der Waals surface area contributed by atoms with Crippen LogP contribution in [0.1, 0.15) is 25.0 Å². The molecular formula is C57H40N2O. The molecule has 0 saturated heterocycles. The number of anilines is 3. The van der Waals surface area contributed by atoms with Crippen molar-refractivity contribution in [1.82, 2.24) is 4.57 Å². The van der Waals surface area contributed by atoms with E-state index >= 15 is 0 Å². The molecule has 0 N–H and O–H groups in total. The summed E-state index contributed by atoms with van der Waals surface area (Å²) in [4.78, 5) is 2.37. The molecule has 12 rings (SSSR count). The van der Waals surface area contributed by atoms with Crippen molar-refractivity contribution in [2.24, 2.45) is 0 Å². The molecule has 0 fully saturated rings. The molecule has 2 aromatic heterocycles. The van der Waals surface area contributed by atoms with Crippen LogP contribution in [0.15, 0.2) is 211 Å². The summed E-state index contributed by atoms with van der Waals surface area (Å²) in [5.74, 6) is 0. The van der Waals surface area contributed by atoms with Crippen LogP contribution in [0.25, 0.3) is 82.8 Å². The van der Waals surface area contributed by atoms with Gasteiger partial charge < -0.3 is 13.9 Å². The van der Waals surface area contributed by atoms with Crippen LogP contribution in [0.3, 0.4) is 0 Å². The quantitative estimate of drug-likeness (QED) is 0.168. The number of furan rings is 1. The molecule has 1 aliphatic carbocycles. The third kappa shape index (κ3) is 5.22. The molecule has 3 nitrogen and oxygen atoms in total. The molecule has 0 spiro atoms. The summed E-state index contributed by atoms with van der Waals surface area (Å²) in [6, 6.07) is 74.8. The average Bonchev–Trinajstić information content (AvgIpc) is 3.93. The second-order valence-electron chi connectivity index (χ2n) is 16.5. The second-order valence-corrected chi connectivity index (χ2v) is 16.5. The molecule has 9 aromatic carbocycles. The predicted octanol–water partition coefficient (Wildman–Crippen LogP) is 15.8. The number of benzene rings is 9. The molecule has 0 atom stereocenters. The maximum absolute atomic E-state index is 6.69. The van der Waals surface area contributed by atoms with E-state index in [1.807, 2.05) is 6.07 Å². The van der Waals surface area contributed by atoms with Gasteiger partial charge in [0.1, 0.15) is 5.58 Å². The molecule has 0 radical (unpaired) electrons. The summed E-state index contributed by atoms with van der Waals surface area (Å²) in [6.07, 6.45) is 0. The number of hydrogen-bond donors (Lipinski definition) is 0. The van der Waals surface area contributed by atoms with Crippen LogP contribution >= 0.6 is 0 Å². The standard InChI is InChI=1S/C57H40N2O/c1-57(2)50-35-40(37-13-4-3-5-14-37)27-33-44(50)45-34-32-43(36-51(45)57)58(54-21-12-18-49-48-17-8-11-22-55(48)60-56(49)54)41-28-23-38(24-29-41)39-25-30-42(31-26-39)59-52-19-9-6-15-46(52)47-16-7-10-20-53(47)59/h3-36H,1-2H3. The van der Waals surface area contributed by atoms with Crippen molar-refractivity contribution in [2.75, 3.05) is 4.90 Å². The van der Waals surface area contributed by atoms with Gasteiger partial charge in [-0.3, -0.25) is 0 Å². The topological polar surface area (TPSA) is 21.3 Å². The highest BCUT2D eigenvalue weighted by Crippen LogP contribution is 2.52. The zero-order chi connectivity index (χ0) is 40.0. The minimum Gasteiger partial charge on any atom is -0.454 e. The maximum Gasteiger partial charge on any atom is 0.159 e. The summed E-state index contributed by atoms with van der Waals surface area (Å²) in [7, 11) is 0. The highest BCUT2D eigenvalue weighted by Gasteiger charge is 2.36. The van der Waals surface area contributed by atoms with Crippen molar-refractivity contribution in [1.29, 1.82) is 0 Å². The Bertz CT molecular complexity index is 3390. The van der Waals surface area contributed by atoms with Gasteiger partial charge in [-0.25, -0.2) is 0 Å². The van der Waals surface area contributed by atoms with Gasteiger partial charge in [0, 0.05) is 44.0 Å². The Hall–Kier alpha value is -7.62. The molecule has 3 heteroatoms. The van der Waals surface area contributed by atoms with Crippen molar-refractivity contribution >= 4 is 60.8 Å². The number of hydrogen-bond acceptors (Lipinski definition) is 2. The van der Waals surface area contributed by atoms with Crippen molar-refractivity contribution in [2.45, 2.75) is 19.3 Å². The Morgan fingerprint density at radius 2 is 0.950 bits per heavy atom. The minimum atomic E-state index is -0.197. The molecule has 0 amide bonds. The average molecular weight is 769 g/mol. The summed E-state index contributed by atoms with van der Waals surface area (Å²) < 4.78 is 9.06. The fourth-order valence-corrected chi connectivity index (χ4v) is 9.82. The zero-order valence-corrected chi connectivity index (χ0v) is 33.4. The van der Waals surface area contributed by atoms with Crippen molar-refractivity contribution < 1.29 is 4.42 Å². The largest absolute Gasteiger partial charge is 0.454 e. The van der Waals surface area contributed by atoms with Crippen LogP contribution in [0.4, 0.5) is 17.1 Å². The Morgan fingerprint density at radius 1 is 0.417 bits per heavy atom. The number of nitrogens with zero attached hydrogens (tertiary/aromatic N) is 2. The van der Waals surface area contributed by atoms with Crippen LogP contribution in [0, 0.1) is 0 Å². The maximum atomic E-state index is 6.69. The number of rotatable bonds is 6. The van der Waals surface area contributed by atoms with E-state index in [9.17, 15) is 0 Å². The monoisotopic (exact) mass is 768 g/mol. The lowest BCUT2D eigenvalue weighted by Gasteiger charge is -2.28. The minimum absolute atomic E-state index is 0.197. The molecule has 2 heterocycles. The van der Waals surface area contributed by atoms with Crippen LogP contribution in [0.5, 0.6) is 0 Å². The molecule has 1 aliphatic rings. The van der Waals surface area contributed by atoms with E-state index in [1.54, 1.807) is 0 Å². The van der Waals surface area contributed by atoms with E-state index in [-0.39, 0.29) is 5.41 Å². The van der Waals surface area contributed by atoms with E-state index in [4.69, 9.17) is 4.42 Å². The molecule has 284 valence electrons. The van der Waals surface area contributed by atoms with Gasteiger partial charge in [-0.05, 0) is 111 Å². The number of aromatic nitrogens is 1. The van der Waals surface area contributed by atoms with Gasteiger partial charge in [0.05, 0.1) is 16.7 Å². The lowest BCUT2D eigenvalue weighted by atomic mass is 9.81.